The molecule has 0 aromatic carbocycles. The molecule has 4 rings (SSSR count). The summed E-state index contributed by atoms with van der Waals surface area (Å²) >= 11 is 1.38. The van der Waals surface area contributed by atoms with Gasteiger partial charge in [-0.05, 0) is 38.7 Å². The summed E-state index contributed by atoms with van der Waals surface area (Å²) in [6, 6.07) is 0. The standard InChI is InChI=1S/C20H27N3O3S/c1-3-22(11-14-8-10-26-12-14)20(25)17-13(2)16-18(27-17)21-15-7-5-4-6-9-23(15)19(16)24/h14H,3-12H2,1-2H3. The predicted molar refractivity (Wildman–Crippen MR) is 107 cm³/mol. The molecule has 7 heteroatoms. The fourth-order valence-corrected chi connectivity index (χ4v) is 5.31. The van der Waals surface area contributed by atoms with Crippen LogP contribution in [0.3, 0.4) is 0 Å². The molecule has 1 unspecified atom stereocenters. The van der Waals surface area contributed by atoms with Crippen molar-refractivity contribution in [3.63, 3.8) is 0 Å². The lowest BCUT2D eigenvalue weighted by Gasteiger charge is -2.23. The van der Waals surface area contributed by atoms with Crippen molar-refractivity contribution < 1.29 is 9.53 Å². The molecule has 6 nitrogen and oxygen atoms in total. The zero-order chi connectivity index (χ0) is 19.0. The largest absolute Gasteiger partial charge is 0.381 e. The predicted octanol–water partition coefficient (Wildman–Crippen LogP) is 2.99. The Kier molecular flexibility index (Phi) is 5.32. The van der Waals surface area contributed by atoms with Crippen molar-refractivity contribution in [3.05, 3.63) is 26.6 Å². The number of hydrogen-bond donors (Lipinski definition) is 0. The first-order chi connectivity index (χ1) is 13.1. The molecule has 1 atom stereocenters. The number of aromatic nitrogens is 2. The van der Waals surface area contributed by atoms with Gasteiger partial charge in [-0.1, -0.05) is 6.42 Å². The number of carbonyl (C=O) groups excluding carboxylic acids is 1. The second-order valence-electron chi connectivity index (χ2n) is 7.61. The molecule has 2 aromatic rings. The lowest BCUT2D eigenvalue weighted by Crippen LogP contribution is -2.35. The summed E-state index contributed by atoms with van der Waals surface area (Å²) in [6.07, 6.45) is 5.07. The van der Waals surface area contributed by atoms with E-state index in [4.69, 9.17) is 9.72 Å². The van der Waals surface area contributed by atoms with Crippen LogP contribution in [0.1, 0.15) is 53.7 Å². The summed E-state index contributed by atoms with van der Waals surface area (Å²) in [4.78, 5) is 34.3. The lowest BCUT2D eigenvalue weighted by atomic mass is 10.1. The molecular weight excluding hydrogens is 362 g/mol. The van der Waals surface area contributed by atoms with Crippen LogP contribution in [0.5, 0.6) is 0 Å². The molecule has 1 fully saturated rings. The Labute approximate surface area is 163 Å². The van der Waals surface area contributed by atoms with Gasteiger partial charge >= 0.3 is 0 Å². The Bertz CT molecular complexity index is 911. The zero-order valence-corrected chi connectivity index (χ0v) is 16.9. The molecule has 2 aromatic heterocycles. The van der Waals surface area contributed by atoms with Crippen LogP contribution >= 0.6 is 11.3 Å². The third-order valence-corrected chi connectivity index (χ3v) is 6.95. The number of fused-ring (bicyclic) bond motifs is 2. The van der Waals surface area contributed by atoms with E-state index >= 15 is 0 Å². The van der Waals surface area contributed by atoms with E-state index in [2.05, 4.69) is 0 Å². The maximum absolute atomic E-state index is 13.2. The molecule has 0 bridgehead atoms. The first-order valence-corrected chi connectivity index (χ1v) is 10.8. The highest BCUT2D eigenvalue weighted by Gasteiger charge is 2.27. The van der Waals surface area contributed by atoms with Gasteiger partial charge < -0.3 is 9.64 Å². The molecule has 0 N–H and O–H groups in total. The van der Waals surface area contributed by atoms with Crippen molar-refractivity contribution in [2.24, 2.45) is 5.92 Å². The minimum absolute atomic E-state index is 0.0181. The van der Waals surface area contributed by atoms with Crippen LogP contribution in [0.15, 0.2) is 4.79 Å². The number of amides is 1. The molecule has 0 saturated carbocycles. The number of carbonyl (C=O) groups is 1. The zero-order valence-electron chi connectivity index (χ0n) is 16.1. The number of aryl methyl sites for hydroxylation is 2. The number of rotatable bonds is 4. The Morgan fingerprint density at radius 1 is 1.37 bits per heavy atom. The number of ether oxygens (including phenoxy) is 1. The van der Waals surface area contributed by atoms with Crippen LogP contribution in [-0.4, -0.2) is 46.7 Å². The van der Waals surface area contributed by atoms with Gasteiger partial charge in [-0.15, -0.1) is 11.3 Å². The smallest absolute Gasteiger partial charge is 0.264 e. The third kappa shape index (κ3) is 3.43. The maximum Gasteiger partial charge on any atom is 0.264 e. The van der Waals surface area contributed by atoms with Gasteiger partial charge in [0, 0.05) is 38.6 Å². The summed E-state index contributed by atoms with van der Waals surface area (Å²) in [5.74, 6) is 1.30. The number of thiophene rings is 1. The first kappa shape index (κ1) is 18.6. The Balaban J connectivity index is 1.71. The fourth-order valence-electron chi connectivity index (χ4n) is 4.15. The Morgan fingerprint density at radius 3 is 2.96 bits per heavy atom. The van der Waals surface area contributed by atoms with Crippen molar-refractivity contribution in [3.8, 4) is 0 Å². The molecule has 2 aliphatic rings. The van der Waals surface area contributed by atoms with Crippen LogP contribution in [0.4, 0.5) is 0 Å². The van der Waals surface area contributed by atoms with Crippen LogP contribution < -0.4 is 5.56 Å². The molecular formula is C20H27N3O3S. The topological polar surface area (TPSA) is 64.4 Å². The fraction of sp³-hybridized carbons (Fsp3) is 0.650. The molecule has 27 heavy (non-hydrogen) atoms. The van der Waals surface area contributed by atoms with Crippen LogP contribution in [0.25, 0.3) is 10.2 Å². The summed E-state index contributed by atoms with van der Waals surface area (Å²) in [5.41, 5.74) is 0.815. The van der Waals surface area contributed by atoms with Crippen molar-refractivity contribution in [2.45, 2.75) is 52.5 Å². The summed E-state index contributed by atoms with van der Waals surface area (Å²) in [7, 11) is 0. The summed E-state index contributed by atoms with van der Waals surface area (Å²) < 4.78 is 7.28. The minimum Gasteiger partial charge on any atom is -0.381 e. The van der Waals surface area contributed by atoms with Gasteiger partial charge in [-0.25, -0.2) is 4.98 Å². The van der Waals surface area contributed by atoms with Crippen LogP contribution in [-0.2, 0) is 17.7 Å². The quantitative estimate of drug-likeness (QED) is 0.806. The van der Waals surface area contributed by atoms with Gasteiger partial charge in [0.25, 0.3) is 11.5 Å². The van der Waals surface area contributed by atoms with Crippen LogP contribution in [0, 0.1) is 12.8 Å². The van der Waals surface area contributed by atoms with Crippen molar-refractivity contribution in [1.29, 1.82) is 0 Å². The normalized spacial score (nSPS) is 19.9. The Hall–Kier alpha value is -1.73. The third-order valence-electron chi connectivity index (χ3n) is 5.78. The Morgan fingerprint density at radius 2 is 2.22 bits per heavy atom. The van der Waals surface area contributed by atoms with Crippen LogP contribution in [0.2, 0.25) is 0 Å². The molecule has 0 spiro atoms. The highest BCUT2D eigenvalue weighted by atomic mass is 32.1. The van der Waals surface area contributed by atoms with E-state index in [1.54, 1.807) is 0 Å². The van der Waals surface area contributed by atoms with Gasteiger partial charge in [-0.3, -0.25) is 14.2 Å². The van der Waals surface area contributed by atoms with E-state index in [0.29, 0.717) is 34.1 Å². The average molecular weight is 390 g/mol. The average Bonchev–Trinajstić information content (AvgIpc) is 3.21. The van der Waals surface area contributed by atoms with Crippen molar-refractivity contribution in [1.82, 2.24) is 14.5 Å². The summed E-state index contributed by atoms with van der Waals surface area (Å²) in [5, 5.41) is 0.634. The number of hydrogen-bond acceptors (Lipinski definition) is 5. The van der Waals surface area contributed by atoms with E-state index in [-0.39, 0.29) is 11.5 Å². The second-order valence-corrected chi connectivity index (χ2v) is 8.60. The van der Waals surface area contributed by atoms with E-state index in [0.717, 1.165) is 63.3 Å². The molecule has 4 heterocycles. The van der Waals surface area contributed by atoms with Gasteiger partial charge in [0.15, 0.2) is 0 Å². The highest BCUT2D eigenvalue weighted by Crippen LogP contribution is 2.30. The van der Waals surface area contributed by atoms with Gasteiger partial charge in [0.2, 0.25) is 0 Å². The molecule has 2 aliphatic heterocycles. The summed E-state index contributed by atoms with van der Waals surface area (Å²) in [6.45, 7) is 7.52. The second kappa shape index (κ2) is 7.72. The molecule has 1 amide bonds. The molecule has 146 valence electrons. The van der Waals surface area contributed by atoms with E-state index in [1.165, 1.54) is 11.3 Å². The minimum atomic E-state index is 0.0181. The van der Waals surface area contributed by atoms with Gasteiger partial charge in [0.05, 0.1) is 16.9 Å². The SMILES string of the molecule is CCN(CC1CCOC1)C(=O)c1sc2nc3n(c(=O)c2c1C)CCCCC3. The molecule has 0 aliphatic carbocycles. The lowest BCUT2D eigenvalue weighted by molar-refractivity contribution is 0.0735. The maximum atomic E-state index is 13.2. The van der Waals surface area contributed by atoms with Crippen molar-refractivity contribution >= 4 is 27.5 Å². The van der Waals surface area contributed by atoms with Gasteiger partial charge in [-0.2, -0.15) is 0 Å². The molecule has 1 saturated heterocycles. The first-order valence-electron chi connectivity index (χ1n) is 10.00. The molecule has 0 radical (unpaired) electrons. The van der Waals surface area contributed by atoms with E-state index in [9.17, 15) is 9.59 Å². The van der Waals surface area contributed by atoms with E-state index in [1.807, 2.05) is 23.3 Å². The number of nitrogens with zero attached hydrogens (tertiary/aromatic N) is 3. The van der Waals surface area contributed by atoms with Gasteiger partial charge in [0.1, 0.15) is 10.7 Å². The monoisotopic (exact) mass is 389 g/mol. The van der Waals surface area contributed by atoms with E-state index < -0.39 is 0 Å². The van der Waals surface area contributed by atoms with Crippen molar-refractivity contribution in [2.75, 3.05) is 26.3 Å². The highest BCUT2D eigenvalue weighted by molar-refractivity contribution is 7.20.